The van der Waals surface area contributed by atoms with E-state index in [2.05, 4.69) is 14.8 Å². The first-order valence-electron chi connectivity index (χ1n) is 7.91. The molecule has 0 N–H and O–H groups in total. The van der Waals surface area contributed by atoms with Gasteiger partial charge >= 0.3 is 11.9 Å². The predicted octanol–water partition coefficient (Wildman–Crippen LogP) is 2.72. The fourth-order valence-electron chi connectivity index (χ4n) is 2.43. The average Bonchev–Trinajstić information content (AvgIpc) is 3.08. The van der Waals surface area contributed by atoms with Gasteiger partial charge in [0.2, 0.25) is 0 Å². The topological polar surface area (TPSA) is 83.3 Å². The van der Waals surface area contributed by atoms with E-state index in [9.17, 15) is 9.59 Å². The van der Waals surface area contributed by atoms with Crippen LogP contribution in [0.1, 0.15) is 32.2 Å². The monoisotopic (exact) mass is 351 g/mol. The molecule has 0 spiro atoms. The van der Waals surface area contributed by atoms with E-state index in [1.54, 1.807) is 23.7 Å². The minimum Gasteiger partial charge on any atom is -0.464 e. The summed E-state index contributed by atoms with van der Waals surface area (Å²) in [6.45, 7) is 1.74. The van der Waals surface area contributed by atoms with E-state index in [1.165, 1.54) is 19.4 Å². The Labute approximate surface area is 150 Å². The van der Waals surface area contributed by atoms with Gasteiger partial charge in [0, 0.05) is 0 Å². The van der Waals surface area contributed by atoms with Gasteiger partial charge in [-0.3, -0.25) is 0 Å². The number of hydrogen-bond donors (Lipinski definition) is 0. The van der Waals surface area contributed by atoms with Gasteiger partial charge in [-0.2, -0.15) is 5.10 Å². The Morgan fingerprint density at radius 1 is 1.04 bits per heavy atom. The number of carbonyl (C=O) groups excluding carboxylic acids is 2. The van der Waals surface area contributed by atoms with E-state index >= 15 is 0 Å². The zero-order valence-electron chi connectivity index (χ0n) is 14.4. The van der Waals surface area contributed by atoms with Crippen LogP contribution in [0.4, 0.5) is 0 Å². The van der Waals surface area contributed by atoms with Crippen LogP contribution in [-0.2, 0) is 16.1 Å². The second-order valence-electron chi connectivity index (χ2n) is 5.47. The number of carbonyl (C=O) groups is 2. The molecule has 132 valence electrons. The molecule has 7 heteroatoms. The largest absolute Gasteiger partial charge is 0.464 e. The molecule has 2 heterocycles. The van der Waals surface area contributed by atoms with Crippen LogP contribution in [0, 0.1) is 6.92 Å². The first-order chi connectivity index (χ1) is 12.6. The Bertz CT molecular complexity index is 935. The van der Waals surface area contributed by atoms with Crippen molar-refractivity contribution in [2.75, 3.05) is 7.11 Å². The number of ether oxygens (including phenoxy) is 2. The molecule has 0 amide bonds. The number of hydrogen-bond acceptors (Lipinski definition) is 6. The van der Waals surface area contributed by atoms with Gasteiger partial charge in [-0.25, -0.2) is 19.3 Å². The number of nitrogens with zero attached hydrogens (tertiary/aromatic N) is 3. The minimum absolute atomic E-state index is 0.0559. The number of rotatable bonds is 5. The lowest BCUT2D eigenvalue weighted by Crippen LogP contribution is -2.10. The zero-order valence-corrected chi connectivity index (χ0v) is 14.4. The van der Waals surface area contributed by atoms with Crippen molar-refractivity contribution in [3.63, 3.8) is 0 Å². The minimum atomic E-state index is -0.543. The molecule has 0 aliphatic rings. The van der Waals surface area contributed by atoms with Crippen LogP contribution in [0.2, 0.25) is 0 Å². The van der Waals surface area contributed by atoms with Gasteiger partial charge in [-0.1, -0.05) is 24.3 Å². The van der Waals surface area contributed by atoms with Crippen molar-refractivity contribution in [1.82, 2.24) is 14.8 Å². The fraction of sp³-hybridized carbons (Fsp3) is 0.158. The Hall–Kier alpha value is -3.48. The van der Waals surface area contributed by atoms with E-state index in [0.29, 0.717) is 17.0 Å². The maximum Gasteiger partial charge on any atom is 0.356 e. The van der Waals surface area contributed by atoms with E-state index < -0.39 is 11.9 Å². The first kappa shape index (κ1) is 17.3. The molecule has 0 aliphatic heterocycles. The summed E-state index contributed by atoms with van der Waals surface area (Å²) in [4.78, 5) is 28.0. The molecule has 0 saturated carbocycles. The molecule has 0 aliphatic carbocycles. The molecule has 2 aromatic heterocycles. The molecule has 1 aromatic carbocycles. The Balaban J connectivity index is 1.72. The van der Waals surface area contributed by atoms with Crippen molar-refractivity contribution in [3.05, 3.63) is 77.4 Å². The van der Waals surface area contributed by atoms with E-state index in [0.717, 1.165) is 5.69 Å². The summed E-state index contributed by atoms with van der Waals surface area (Å²) in [5.74, 6) is -1.05. The van der Waals surface area contributed by atoms with Crippen LogP contribution in [0.25, 0.3) is 5.69 Å². The number of pyridine rings is 1. The average molecular weight is 351 g/mol. The summed E-state index contributed by atoms with van der Waals surface area (Å²) in [5, 5.41) is 4.25. The fourth-order valence-corrected chi connectivity index (χ4v) is 2.43. The lowest BCUT2D eigenvalue weighted by atomic mass is 10.2. The van der Waals surface area contributed by atoms with Gasteiger partial charge in [-0.05, 0) is 31.2 Å². The molecule has 3 aromatic rings. The lowest BCUT2D eigenvalue weighted by molar-refractivity contribution is 0.0466. The molecule has 0 atom stereocenters. The standard InChI is InChI=1S/C19H17N3O4/c1-13-16(11-20-22(13)15-8-4-3-5-9-15)18(23)26-12-14-7-6-10-17(21-14)19(24)25-2/h3-11H,12H2,1-2H3. The van der Waals surface area contributed by atoms with E-state index in [4.69, 9.17) is 4.74 Å². The Kier molecular flexibility index (Phi) is 5.07. The van der Waals surface area contributed by atoms with Crippen LogP contribution in [0.5, 0.6) is 0 Å². The van der Waals surface area contributed by atoms with E-state index in [1.807, 2.05) is 30.3 Å². The molecule has 26 heavy (non-hydrogen) atoms. The summed E-state index contributed by atoms with van der Waals surface area (Å²) in [7, 11) is 1.28. The highest BCUT2D eigenvalue weighted by atomic mass is 16.5. The summed E-state index contributed by atoms with van der Waals surface area (Å²) >= 11 is 0. The van der Waals surface area contributed by atoms with Gasteiger partial charge in [0.25, 0.3) is 0 Å². The Morgan fingerprint density at radius 2 is 1.81 bits per heavy atom. The molecule has 7 nitrogen and oxygen atoms in total. The van der Waals surface area contributed by atoms with Crippen LogP contribution in [0.15, 0.2) is 54.7 Å². The van der Waals surface area contributed by atoms with E-state index in [-0.39, 0.29) is 12.3 Å². The molecule has 0 fully saturated rings. The highest BCUT2D eigenvalue weighted by molar-refractivity contribution is 5.90. The highest BCUT2D eigenvalue weighted by Crippen LogP contribution is 2.15. The zero-order chi connectivity index (χ0) is 18.5. The summed E-state index contributed by atoms with van der Waals surface area (Å²) < 4.78 is 11.6. The van der Waals surface area contributed by atoms with Crippen molar-refractivity contribution < 1.29 is 19.1 Å². The number of aromatic nitrogens is 3. The molecule has 0 saturated heterocycles. The predicted molar refractivity (Wildman–Crippen MR) is 93.0 cm³/mol. The number of esters is 2. The maximum atomic E-state index is 12.4. The third-order valence-electron chi connectivity index (χ3n) is 3.78. The summed E-state index contributed by atoms with van der Waals surface area (Å²) in [6, 6.07) is 14.4. The third kappa shape index (κ3) is 3.61. The third-order valence-corrected chi connectivity index (χ3v) is 3.78. The van der Waals surface area contributed by atoms with Gasteiger partial charge in [0.15, 0.2) is 0 Å². The molecule has 0 radical (unpaired) electrons. The van der Waals surface area contributed by atoms with Gasteiger partial charge < -0.3 is 9.47 Å². The van der Waals surface area contributed by atoms with Crippen LogP contribution >= 0.6 is 0 Å². The number of benzene rings is 1. The SMILES string of the molecule is COC(=O)c1cccc(COC(=O)c2cnn(-c3ccccc3)c2C)n1. The van der Waals surface area contributed by atoms with Crippen LogP contribution < -0.4 is 0 Å². The van der Waals surface area contributed by atoms with Gasteiger partial charge in [0.05, 0.1) is 30.4 Å². The molecule has 0 unspecified atom stereocenters. The van der Waals surface area contributed by atoms with Crippen molar-refractivity contribution in [2.24, 2.45) is 0 Å². The number of methoxy groups -OCH3 is 1. The first-order valence-corrected chi connectivity index (χ1v) is 7.91. The molecule has 3 rings (SSSR count). The second-order valence-corrected chi connectivity index (χ2v) is 5.47. The van der Waals surface area contributed by atoms with Crippen LogP contribution in [-0.4, -0.2) is 33.8 Å². The molecular formula is C19H17N3O4. The van der Waals surface area contributed by atoms with Crippen molar-refractivity contribution in [1.29, 1.82) is 0 Å². The van der Waals surface area contributed by atoms with Crippen molar-refractivity contribution in [3.8, 4) is 5.69 Å². The lowest BCUT2D eigenvalue weighted by Gasteiger charge is -2.07. The summed E-state index contributed by atoms with van der Waals surface area (Å²) in [5.41, 5.74) is 2.52. The Morgan fingerprint density at radius 3 is 2.54 bits per heavy atom. The molecular weight excluding hydrogens is 334 g/mol. The van der Waals surface area contributed by atoms with Crippen molar-refractivity contribution in [2.45, 2.75) is 13.5 Å². The smallest absolute Gasteiger partial charge is 0.356 e. The van der Waals surface area contributed by atoms with Crippen LogP contribution in [0.3, 0.4) is 0 Å². The maximum absolute atomic E-state index is 12.4. The molecule has 0 bridgehead atoms. The van der Waals surface area contributed by atoms with Gasteiger partial charge in [-0.15, -0.1) is 0 Å². The summed E-state index contributed by atoms with van der Waals surface area (Å²) in [6.07, 6.45) is 1.48. The van der Waals surface area contributed by atoms with Gasteiger partial charge in [0.1, 0.15) is 17.9 Å². The quantitative estimate of drug-likeness (QED) is 0.657. The van der Waals surface area contributed by atoms with Crippen molar-refractivity contribution >= 4 is 11.9 Å². The number of para-hydroxylation sites is 1. The second kappa shape index (κ2) is 7.60. The highest BCUT2D eigenvalue weighted by Gasteiger charge is 2.17. The normalized spacial score (nSPS) is 10.4.